The summed E-state index contributed by atoms with van der Waals surface area (Å²) in [5.74, 6) is 0. The van der Waals surface area contributed by atoms with E-state index in [2.05, 4.69) is 0 Å². The number of hydrogen-bond acceptors (Lipinski definition) is 2. The number of aliphatic hydroxyl groups excluding tert-OH is 2. The van der Waals surface area contributed by atoms with Gasteiger partial charge >= 0.3 is 0 Å². The van der Waals surface area contributed by atoms with Gasteiger partial charge in [0.25, 0.3) is 0 Å². The molecule has 0 aliphatic carbocycles. The monoisotopic (exact) mass is 214 g/mol. The minimum atomic E-state index is 0.0127. The minimum Gasteiger partial charge on any atom is -0.392 e. The van der Waals surface area contributed by atoms with E-state index >= 15 is 0 Å². The van der Waals surface area contributed by atoms with Crippen LogP contribution in [0.5, 0.6) is 0 Å². The van der Waals surface area contributed by atoms with E-state index in [4.69, 9.17) is 10.2 Å². The summed E-state index contributed by atoms with van der Waals surface area (Å²) in [6, 6.07) is 0. The molecule has 0 aliphatic heterocycles. The van der Waals surface area contributed by atoms with Gasteiger partial charge in [-0.1, -0.05) is 0 Å². The van der Waals surface area contributed by atoms with Crippen LogP contribution in [0, 0.1) is 0 Å². The molecule has 0 spiro atoms. The van der Waals surface area contributed by atoms with E-state index in [-0.39, 0.29) is 13.2 Å². The largest absolute Gasteiger partial charge is 0.392 e. The first kappa shape index (κ1) is 7.39. The van der Waals surface area contributed by atoms with Crippen LogP contribution in [0.15, 0.2) is 9.66 Å². The summed E-state index contributed by atoms with van der Waals surface area (Å²) in [4.78, 5) is 0. The van der Waals surface area contributed by atoms with Crippen LogP contribution in [-0.2, 0) is 0 Å². The van der Waals surface area contributed by atoms with E-state index in [1.54, 1.807) is 6.08 Å². The van der Waals surface area contributed by atoms with Crippen molar-refractivity contribution in [3.05, 3.63) is 9.66 Å². The molecule has 0 aromatic carbocycles. The molecule has 7 heavy (non-hydrogen) atoms. The summed E-state index contributed by atoms with van der Waals surface area (Å²) in [5, 5.41) is 16.5. The molecule has 0 atom stereocenters. The Labute approximate surface area is 56.0 Å². The maximum atomic E-state index is 8.28. The van der Waals surface area contributed by atoms with Crippen molar-refractivity contribution in [1.29, 1.82) is 0 Å². The van der Waals surface area contributed by atoms with Crippen molar-refractivity contribution in [3.8, 4) is 0 Å². The SMILES string of the molecule is OC/C=C(\I)CO. The van der Waals surface area contributed by atoms with Gasteiger partial charge in [-0.15, -0.1) is 0 Å². The molecule has 0 amide bonds. The molecular formula is C4H7IO2. The van der Waals surface area contributed by atoms with Gasteiger partial charge in [0.1, 0.15) is 0 Å². The lowest BCUT2D eigenvalue weighted by Gasteiger charge is -1.85. The molecule has 0 heterocycles. The molecule has 0 aliphatic rings. The zero-order valence-corrected chi connectivity index (χ0v) is 5.92. The Bertz CT molecular complexity index is 70.1. The molecule has 2 nitrogen and oxygen atoms in total. The van der Waals surface area contributed by atoms with Gasteiger partial charge in [0.15, 0.2) is 0 Å². The minimum absolute atomic E-state index is 0.0127. The Morgan fingerprint density at radius 3 is 2.29 bits per heavy atom. The zero-order valence-electron chi connectivity index (χ0n) is 3.76. The van der Waals surface area contributed by atoms with Crippen LogP contribution < -0.4 is 0 Å². The molecule has 0 aromatic heterocycles. The Morgan fingerprint density at radius 1 is 1.57 bits per heavy atom. The Morgan fingerprint density at radius 2 is 2.14 bits per heavy atom. The van der Waals surface area contributed by atoms with E-state index in [0.717, 1.165) is 3.58 Å². The fraction of sp³-hybridized carbons (Fsp3) is 0.500. The molecule has 0 fully saturated rings. The number of hydrogen-bond donors (Lipinski definition) is 2. The molecule has 0 saturated heterocycles. The summed E-state index contributed by atoms with van der Waals surface area (Å²) in [6.45, 7) is 0.0416. The van der Waals surface area contributed by atoms with Gasteiger partial charge in [0.2, 0.25) is 0 Å². The summed E-state index contributed by atoms with van der Waals surface area (Å²) in [5.41, 5.74) is 0. The van der Waals surface area contributed by atoms with Crippen LogP contribution in [0.1, 0.15) is 0 Å². The van der Waals surface area contributed by atoms with Crippen LogP contribution >= 0.6 is 22.6 Å². The smallest absolute Gasteiger partial charge is 0.0736 e. The van der Waals surface area contributed by atoms with Crippen LogP contribution in [-0.4, -0.2) is 23.4 Å². The third kappa shape index (κ3) is 4.24. The quantitative estimate of drug-likeness (QED) is 0.648. The predicted octanol–water partition coefficient (Wildman–Crippen LogP) is 0.290. The first-order chi connectivity index (χ1) is 3.31. The Balaban J connectivity index is 3.29. The molecule has 0 saturated carbocycles. The topological polar surface area (TPSA) is 40.5 Å². The molecule has 0 aromatic rings. The number of rotatable bonds is 2. The third-order valence-corrected chi connectivity index (χ3v) is 1.25. The standard InChI is InChI=1S/C4H7IO2/c5-4(3-7)1-2-6/h1,6-7H,2-3H2/b4-1-. The Kier molecular flexibility index (Phi) is 4.80. The Hall–Kier alpha value is 0.390. The molecule has 3 heteroatoms. The lowest BCUT2D eigenvalue weighted by atomic mass is 10.5. The van der Waals surface area contributed by atoms with E-state index < -0.39 is 0 Å². The lowest BCUT2D eigenvalue weighted by molar-refractivity contribution is 0.328. The highest BCUT2D eigenvalue weighted by molar-refractivity contribution is 14.1. The van der Waals surface area contributed by atoms with Crippen molar-refractivity contribution >= 4 is 22.6 Å². The number of aliphatic hydroxyl groups is 2. The molecule has 42 valence electrons. The third-order valence-electron chi connectivity index (χ3n) is 0.464. The van der Waals surface area contributed by atoms with Crippen molar-refractivity contribution in [3.63, 3.8) is 0 Å². The van der Waals surface area contributed by atoms with Crippen molar-refractivity contribution in [1.82, 2.24) is 0 Å². The summed E-state index contributed by atoms with van der Waals surface area (Å²) < 4.78 is 0.778. The van der Waals surface area contributed by atoms with Gasteiger partial charge in [0.05, 0.1) is 13.2 Å². The highest BCUT2D eigenvalue weighted by atomic mass is 127. The summed E-state index contributed by atoms with van der Waals surface area (Å²) in [6.07, 6.45) is 1.56. The normalized spacial score (nSPS) is 12.1. The zero-order chi connectivity index (χ0) is 5.70. The van der Waals surface area contributed by atoms with Crippen molar-refractivity contribution in [2.24, 2.45) is 0 Å². The summed E-state index contributed by atoms with van der Waals surface area (Å²) >= 11 is 1.96. The van der Waals surface area contributed by atoms with Gasteiger partial charge in [-0.3, -0.25) is 0 Å². The molecule has 0 unspecified atom stereocenters. The van der Waals surface area contributed by atoms with Gasteiger partial charge < -0.3 is 10.2 Å². The predicted molar refractivity (Wildman–Crippen MR) is 36.3 cm³/mol. The van der Waals surface area contributed by atoms with E-state index in [1.807, 2.05) is 22.6 Å². The van der Waals surface area contributed by atoms with E-state index in [1.165, 1.54) is 0 Å². The second-order valence-electron chi connectivity index (χ2n) is 0.992. The first-order valence-electron chi connectivity index (χ1n) is 1.87. The van der Waals surface area contributed by atoms with E-state index in [0.29, 0.717) is 0 Å². The van der Waals surface area contributed by atoms with Gasteiger partial charge in [0, 0.05) is 3.58 Å². The first-order valence-corrected chi connectivity index (χ1v) is 2.95. The second-order valence-corrected chi connectivity index (χ2v) is 2.38. The molecule has 0 bridgehead atoms. The van der Waals surface area contributed by atoms with Crippen LogP contribution in [0.2, 0.25) is 0 Å². The van der Waals surface area contributed by atoms with Crippen molar-refractivity contribution in [2.45, 2.75) is 0 Å². The number of halogens is 1. The average Bonchev–Trinajstić information content (AvgIpc) is 1.68. The van der Waals surface area contributed by atoms with Gasteiger partial charge in [-0.25, -0.2) is 0 Å². The average molecular weight is 214 g/mol. The van der Waals surface area contributed by atoms with Crippen molar-refractivity contribution in [2.75, 3.05) is 13.2 Å². The molecule has 2 N–H and O–H groups in total. The summed E-state index contributed by atoms with van der Waals surface area (Å²) in [7, 11) is 0. The molecule has 0 radical (unpaired) electrons. The fourth-order valence-corrected chi connectivity index (χ4v) is 0.361. The second kappa shape index (κ2) is 4.55. The van der Waals surface area contributed by atoms with Crippen molar-refractivity contribution < 1.29 is 10.2 Å². The van der Waals surface area contributed by atoms with Crippen LogP contribution in [0.4, 0.5) is 0 Å². The fourth-order valence-electron chi connectivity index (χ4n) is 0.164. The molecule has 0 rings (SSSR count). The van der Waals surface area contributed by atoms with E-state index in [9.17, 15) is 0 Å². The maximum absolute atomic E-state index is 8.28. The lowest BCUT2D eigenvalue weighted by Crippen LogP contribution is -1.81. The highest BCUT2D eigenvalue weighted by Gasteiger charge is 1.81. The molecular weight excluding hydrogens is 207 g/mol. The highest BCUT2D eigenvalue weighted by Crippen LogP contribution is 2.01. The van der Waals surface area contributed by atoms with Gasteiger partial charge in [-0.2, -0.15) is 0 Å². The van der Waals surface area contributed by atoms with Crippen LogP contribution in [0.3, 0.4) is 0 Å². The van der Waals surface area contributed by atoms with Gasteiger partial charge in [-0.05, 0) is 28.7 Å². The van der Waals surface area contributed by atoms with Crippen LogP contribution in [0.25, 0.3) is 0 Å². The maximum Gasteiger partial charge on any atom is 0.0736 e.